The first kappa shape index (κ1) is 23.4. The van der Waals surface area contributed by atoms with Crippen molar-refractivity contribution in [2.75, 3.05) is 12.0 Å². The summed E-state index contributed by atoms with van der Waals surface area (Å²) in [6, 6.07) is 6.40. The van der Waals surface area contributed by atoms with Crippen molar-refractivity contribution in [1.29, 1.82) is 0 Å². The van der Waals surface area contributed by atoms with Crippen molar-refractivity contribution in [3.63, 3.8) is 0 Å². The number of para-hydroxylation sites is 1. The quantitative estimate of drug-likeness (QED) is 0.241. The summed E-state index contributed by atoms with van der Waals surface area (Å²) >= 11 is 3.68. The summed E-state index contributed by atoms with van der Waals surface area (Å²) in [5, 5.41) is 0. The molecule has 1 aromatic rings. The number of ether oxygens (including phenoxy) is 3. The van der Waals surface area contributed by atoms with Crippen LogP contribution in [0.5, 0.6) is 0 Å². The van der Waals surface area contributed by atoms with Gasteiger partial charge in [0.05, 0.1) is 12.8 Å². The van der Waals surface area contributed by atoms with E-state index >= 15 is 0 Å². The maximum Gasteiger partial charge on any atom is 0.417 e. The normalized spacial score (nSPS) is 25.0. The third-order valence-electron chi connectivity index (χ3n) is 5.06. The van der Waals surface area contributed by atoms with Crippen molar-refractivity contribution in [3.05, 3.63) is 29.8 Å². The number of rotatable bonds is 1. The number of esters is 1. The first-order valence-corrected chi connectivity index (χ1v) is 10.9. The third kappa shape index (κ3) is 4.12. The lowest BCUT2D eigenvalue weighted by atomic mass is 9.96. The Morgan fingerprint density at radius 2 is 1.55 bits per heavy atom. The van der Waals surface area contributed by atoms with Crippen LogP contribution in [0.25, 0.3) is 0 Å². The van der Waals surface area contributed by atoms with Crippen molar-refractivity contribution in [1.82, 2.24) is 4.90 Å². The fourth-order valence-corrected chi connectivity index (χ4v) is 5.21. The van der Waals surface area contributed by atoms with Gasteiger partial charge in [0.1, 0.15) is 17.2 Å². The van der Waals surface area contributed by atoms with Crippen LogP contribution in [0.4, 0.5) is 15.3 Å². The molecular weight excluding hydrogens is 468 g/mol. The summed E-state index contributed by atoms with van der Waals surface area (Å²) in [5.74, 6) is -0.978. The highest BCUT2D eigenvalue weighted by Gasteiger charge is 2.67. The molecule has 3 unspecified atom stereocenters. The van der Waals surface area contributed by atoms with Crippen LogP contribution in [0.2, 0.25) is 0 Å². The van der Waals surface area contributed by atoms with Crippen LogP contribution in [0.15, 0.2) is 24.3 Å². The fourth-order valence-electron chi connectivity index (χ4n) is 4.05. The summed E-state index contributed by atoms with van der Waals surface area (Å²) in [4.78, 5) is 42.0. The molecule has 3 rings (SSSR count). The highest BCUT2D eigenvalue weighted by Crippen LogP contribution is 2.60. The Bertz CT molecular complexity index is 906. The number of nitrogens with zero attached hydrogens (tertiary/aromatic N) is 2. The zero-order valence-corrected chi connectivity index (χ0v) is 20.5. The van der Waals surface area contributed by atoms with Crippen LogP contribution in [0.1, 0.15) is 59.4 Å². The van der Waals surface area contributed by atoms with E-state index in [2.05, 4.69) is 15.9 Å². The second kappa shape index (κ2) is 7.69. The third-order valence-corrected chi connectivity index (χ3v) is 6.35. The average Bonchev–Trinajstić information content (AvgIpc) is 3.04. The highest BCUT2D eigenvalue weighted by atomic mass is 79.9. The van der Waals surface area contributed by atoms with Crippen molar-refractivity contribution in [3.8, 4) is 0 Å². The number of amides is 2. The second-order valence-electron chi connectivity index (χ2n) is 9.69. The van der Waals surface area contributed by atoms with Crippen LogP contribution >= 0.6 is 15.9 Å². The molecule has 0 aliphatic carbocycles. The van der Waals surface area contributed by atoms with E-state index < -0.39 is 45.9 Å². The molecule has 0 bridgehead atoms. The molecule has 2 aliphatic rings. The number of anilines is 1. The number of hydrogen-bond acceptors (Lipinski definition) is 6. The van der Waals surface area contributed by atoms with Crippen LogP contribution in [0, 0.1) is 0 Å². The Balaban J connectivity index is 2.16. The molecule has 2 heterocycles. The molecule has 1 aromatic carbocycles. The molecule has 2 aliphatic heterocycles. The van der Waals surface area contributed by atoms with E-state index in [1.165, 1.54) is 16.9 Å². The summed E-state index contributed by atoms with van der Waals surface area (Å²) < 4.78 is 14.9. The van der Waals surface area contributed by atoms with E-state index in [0.29, 0.717) is 5.69 Å². The molecule has 1 fully saturated rings. The second-order valence-corrected chi connectivity index (χ2v) is 10.9. The van der Waals surface area contributed by atoms with Gasteiger partial charge in [-0.05, 0) is 75.5 Å². The minimum Gasteiger partial charge on any atom is -0.467 e. The minimum absolute atomic E-state index is 0.257. The summed E-state index contributed by atoms with van der Waals surface area (Å²) in [7, 11) is 1.27. The Morgan fingerprint density at radius 1 is 1.00 bits per heavy atom. The van der Waals surface area contributed by atoms with Crippen LogP contribution in [0.3, 0.4) is 0 Å². The number of methoxy groups -OCH3 is 1. The zero-order chi connectivity index (χ0) is 23.4. The molecule has 0 N–H and O–H groups in total. The molecule has 2 amide bonds. The smallest absolute Gasteiger partial charge is 0.417 e. The molecule has 3 atom stereocenters. The number of hydrogen-bond donors (Lipinski definition) is 0. The fraction of sp³-hybridized carbons (Fsp3) is 0.591. The lowest BCUT2D eigenvalue weighted by molar-refractivity contribution is -0.146. The molecule has 170 valence electrons. The average molecular weight is 497 g/mol. The number of likely N-dealkylation sites (tertiary alicyclic amines) is 1. The van der Waals surface area contributed by atoms with E-state index in [-0.39, 0.29) is 6.42 Å². The van der Waals surface area contributed by atoms with E-state index in [1.54, 1.807) is 47.6 Å². The Morgan fingerprint density at radius 3 is 2.10 bits per heavy atom. The molecule has 8 nitrogen and oxygen atoms in total. The predicted octanol–water partition coefficient (Wildman–Crippen LogP) is 4.76. The number of halogens is 1. The zero-order valence-electron chi connectivity index (χ0n) is 18.9. The number of benzene rings is 1. The van der Waals surface area contributed by atoms with Gasteiger partial charge in [0.15, 0.2) is 4.57 Å². The van der Waals surface area contributed by atoms with Gasteiger partial charge in [-0.2, -0.15) is 0 Å². The van der Waals surface area contributed by atoms with E-state index in [0.717, 1.165) is 5.56 Å². The van der Waals surface area contributed by atoms with Gasteiger partial charge in [0.2, 0.25) is 0 Å². The number of carbonyl (C=O) groups excluding carboxylic acids is 3. The summed E-state index contributed by atoms with van der Waals surface area (Å²) in [6.45, 7) is 10.5. The van der Waals surface area contributed by atoms with Crippen LogP contribution in [-0.2, 0) is 19.0 Å². The molecule has 31 heavy (non-hydrogen) atoms. The molecular formula is C22H29BrN2O6. The molecule has 0 aromatic heterocycles. The van der Waals surface area contributed by atoms with Gasteiger partial charge >= 0.3 is 18.2 Å². The first-order chi connectivity index (χ1) is 14.2. The number of carbonyl (C=O) groups is 3. The van der Waals surface area contributed by atoms with Gasteiger partial charge in [-0.15, -0.1) is 0 Å². The van der Waals surface area contributed by atoms with E-state index in [1.807, 2.05) is 18.2 Å². The van der Waals surface area contributed by atoms with Gasteiger partial charge < -0.3 is 14.2 Å². The maximum atomic E-state index is 13.3. The minimum atomic E-state index is -1.39. The standard InChI is InChI=1S/C22H29BrN2O6/c1-20(2,3)30-18(27)24-15-11-9-8-10-13(15)14-12-16(17(26)29-7)25(22(14,24)23)19(28)31-21(4,5)6/h8-11,14,16H,12H2,1-7H3. The molecule has 0 saturated carbocycles. The van der Waals surface area contributed by atoms with Gasteiger partial charge in [0.25, 0.3) is 0 Å². The van der Waals surface area contributed by atoms with Crippen molar-refractivity contribution < 1.29 is 28.6 Å². The predicted molar refractivity (Wildman–Crippen MR) is 118 cm³/mol. The lowest BCUT2D eigenvalue weighted by Crippen LogP contribution is -2.61. The monoisotopic (exact) mass is 496 g/mol. The molecule has 9 heteroatoms. The van der Waals surface area contributed by atoms with E-state index in [9.17, 15) is 14.4 Å². The van der Waals surface area contributed by atoms with Gasteiger partial charge in [-0.25, -0.2) is 19.3 Å². The molecule has 0 radical (unpaired) electrons. The lowest BCUT2D eigenvalue weighted by Gasteiger charge is -2.42. The Labute approximate surface area is 190 Å². The number of alkyl halides is 1. The van der Waals surface area contributed by atoms with Gasteiger partial charge in [0, 0.05) is 5.92 Å². The maximum absolute atomic E-state index is 13.3. The van der Waals surface area contributed by atoms with Crippen molar-refractivity contribution in [2.45, 2.75) is 75.7 Å². The van der Waals surface area contributed by atoms with Crippen LogP contribution in [-0.4, -0.2) is 52.0 Å². The van der Waals surface area contributed by atoms with Crippen molar-refractivity contribution in [2.24, 2.45) is 0 Å². The number of fused-ring (bicyclic) bond motifs is 3. The highest BCUT2D eigenvalue weighted by molar-refractivity contribution is 9.10. The Hall–Kier alpha value is -2.29. The summed E-state index contributed by atoms with van der Waals surface area (Å²) in [5.41, 5.74) is -0.132. The summed E-state index contributed by atoms with van der Waals surface area (Å²) in [6.07, 6.45) is -1.12. The molecule has 0 spiro atoms. The molecule has 1 saturated heterocycles. The first-order valence-electron chi connectivity index (χ1n) is 10.1. The Kier molecular flexibility index (Phi) is 5.80. The topological polar surface area (TPSA) is 85.4 Å². The van der Waals surface area contributed by atoms with Crippen LogP contribution < -0.4 is 4.90 Å². The van der Waals surface area contributed by atoms with Gasteiger partial charge in [-0.3, -0.25) is 4.90 Å². The van der Waals surface area contributed by atoms with E-state index in [4.69, 9.17) is 14.2 Å². The largest absolute Gasteiger partial charge is 0.467 e. The van der Waals surface area contributed by atoms with Gasteiger partial charge in [-0.1, -0.05) is 18.2 Å². The van der Waals surface area contributed by atoms with Crippen molar-refractivity contribution >= 4 is 39.8 Å². The SMILES string of the molecule is COC(=O)C1CC2c3ccccc3N(C(=O)OC(C)(C)C)C2(Br)N1C(=O)OC(C)(C)C.